The van der Waals surface area contributed by atoms with Gasteiger partial charge in [-0.1, -0.05) is 12.1 Å². The smallest absolute Gasteiger partial charge is 0.237 e. The first kappa shape index (κ1) is 16.5. The molecule has 0 aliphatic carbocycles. The van der Waals surface area contributed by atoms with Crippen molar-refractivity contribution < 1.29 is 9.53 Å². The molecular weight excluding hydrogens is 252 g/mol. The summed E-state index contributed by atoms with van der Waals surface area (Å²) in [6.45, 7) is 10.5. The Hall–Kier alpha value is -1.55. The van der Waals surface area contributed by atoms with Gasteiger partial charge in [0, 0.05) is 12.6 Å². The zero-order valence-corrected chi connectivity index (χ0v) is 13.1. The minimum atomic E-state index is -0.205. The molecule has 0 aliphatic heterocycles. The molecule has 1 aromatic carbocycles. The van der Waals surface area contributed by atoms with Crippen molar-refractivity contribution >= 4 is 5.91 Å². The lowest BCUT2D eigenvalue weighted by Crippen LogP contribution is -2.44. The molecule has 0 spiro atoms. The Morgan fingerprint density at radius 3 is 2.20 bits per heavy atom. The van der Waals surface area contributed by atoms with Crippen molar-refractivity contribution in [1.29, 1.82) is 0 Å². The van der Waals surface area contributed by atoms with Crippen LogP contribution in [0.5, 0.6) is 5.75 Å². The number of ether oxygens (including phenoxy) is 1. The standard InChI is InChI=1S/C16H26N2O2/c1-11(2)18-16(19)13(5)17-10-14-6-8-15(9-7-14)20-12(3)4/h6-9,11-13,17H,10H2,1-5H3,(H,18,19). The van der Waals surface area contributed by atoms with Crippen LogP contribution >= 0.6 is 0 Å². The fourth-order valence-corrected chi connectivity index (χ4v) is 1.73. The van der Waals surface area contributed by atoms with E-state index in [4.69, 9.17) is 4.74 Å². The largest absolute Gasteiger partial charge is 0.491 e. The van der Waals surface area contributed by atoms with Crippen LogP contribution in [0.1, 0.15) is 40.2 Å². The molecule has 0 aromatic heterocycles. The third kappa shape index (κ3) is 6.06. The first-order chi connectivity index (χ1) is 9.38. The lowest BCUT2D eigenvalue weighted by Gasteiger charge is -2.16. The summed E-state index contributed by atoms with van der Waals surface area (Å²) in [5.41, 5.74) is 1.13. The minimum Gasteiger partial charge on any atom is -0.491 e. The van der Waals surface area contributed by atoms with E-state index in [0.717, 1.165) is 11.3 Å². The van der Waals surface area contributed by atoms with Gasteiger partial charge in [0.15, 0.2) is 0 Å². The molecule has 1 rings (SSSR count). The third-order valence-corrected chi connectivity index (χ3v) is 2.73. The highest BCUT2D eigenvalue weighted by molar-refractivity contribution is 5.81. The van der Waals surface area contributed by atoms with Crippen molar-refractivity contribution in [3.8, 4) is 5.75 Å². The van der Waals surface area contributed by atoms with Crippen molar-refractivity contribution in [2.24, 2.45) is 0 Å². The molecule has 20 heavy (non-hydrogen) atoms. The first-order valence-corrected chi connectivity index (χ1v) is 7.18. The van der Waals surface area contributed by atoms with E-state index in [1.807, 2.05) is 58.9 Å². The molecule has 0 saturated heterocycles. The summed E-state index contributed by atoms with van der Waals surface area (Å²) in [6, 6.07) is 7.89. The van der Waals surface area contributed by atoms with Gasteiger partial charge in [-0.25, -0.2) is 0 Å². The monoisotopic (exact) mass is 278 g/mol. The van der Waals surface area contributed by atoms with Crippen LogP contribution < -0.4 is 15.4 Å². The van der Waals surface area contributed by atoms with E-state index >= 15 is 0 Å². The molecule has 1 aromatic rings. The van der Waals surface area contributed by atoms with Crippen LogP contribution in [-0.2, 0) is 11.3 Å². The maximum absolute atomic E-state index is 11.8. The number of nitrogens with one attached hydrogen (secondary N) is 2. The summed E-state index contributed by atoms with van der Waals surface area (Å²) in [4.78, 5) is 11.8. The normalized spacial score (nSPS) is 12.6. The Morgan fingerprint density at radius 1 is 1.10 bits per heavy atom. The van der Waals surface area contributed by atoms with Crippen LogP contribution in [0.3, 0.4) is 0 Å². The van der Waals surface area contributed by atoms with E-state index in [1.54, 1.807) is 0 Å². The van der Waals surface area contributed by atoms with E-state index in [0.29, 0.717) is 6.54 Å². The van der Waals surface area contributed by atoms with Gasteiger partial charge in [0.25, 0.3) is 0 Å². The number of benzene rings is 1. The lowest BCUT2D eigenvalue weighted by atomic mass is 10.2. The van der Waals surface area contributed by atoms with Crippen LogP contribution in [0.25, 0.3) is 0 Å². The van der Waals surface area contributed by atoms with Gasteiger partial charge in [-0.3, -0.25) is 4.79 Å². The Bertz CT molecular complexity index is 413. The van der Waals surface area contributed by atoms with Crippen molar-refractivity contribution in [3.05, 3.63) is 29.8 Å². The SMILES string of the molecule is CC(C)NC(=O)C(C)NCc1ccc(OC(C)C)cc1. The number of hydrogen-bond acceptors (Lipinski definition) is 3. The van der Waals surface area contributed by atoms with Crippen molar-refractivity contribution in [2.75, 3.05) is 0 Å². The van der Waals surface area contributed by atoms with E-state index in [-0.39, 0.29) is 24.1 Å². The summed E-state index contributed by atoms with van der Waals surface area (Å²) in [7, 11) is 0. The number of carbonyl (C=O) groups is 1. The van der Waals surface area contributed by atoms with Gasteiger partial charge < -0.3 is 15.4 Å². The third-order valence-electron chi connectivity index (χ3n) is 2.73. The molecule has 2 N–H and O–H groups in total. The first-order valence-electron chi connectivity index (χ1n) is 7.18. The van der Waals surface area contributed by atoms with E-state index in [1.165, 1.54) is 0 Å². The number of amides is 1. The van der Waals surface area contributed by atoms with Gasteiger partial charge in [0.2, 0.25) is 5.91 Å². The fourth-order valence-electron chi connectivity index (χ4n) is 1.73. The van der Waals surface area contributed by atoms with Gasteiger partial charge in [-0.15, -0.1) is 0 Å². The Labute approximate surface area is 121 Å². The lowest BCUT2D eigenvalue weighted by molar-refractivity contribution is -0.123. The van der Waals surface area contributed by atoms with Crippen molar-refractivity contribution in [3.63, 3.8) is 0 Å². The molecular formula is C16H26N2O2. The van der Waals surface area contributed by atoms with Crippen LogP contribution in [0.4, 0.5) is 0 Å². The highest BCUT2D eigenvalue weighted by atomic mass is 16.5. The Balaban J connectivity index is 2.43. The van der Waals surface area contributed by atoms with E-state index in [9.17, 15) is 4.79 Å². The summed E-state index contributed by atoms with van der Waals surface area (Å²) < 4.78 is 5.59. The predicted octanol–water partition coefficient (Wildman–Crippen LogP) is 2.48. The van der Waals surface area contributed by atoms with E-state index < -0.39 is 0 Å². The predicted molar refractivity (Wildman–Crippen MR) is 81.8 cm³/mol. The second kappa shape index (κ2) is 7.90. The molecule has 0 bridgehead atoms. The molecule has 1 amide bonds. The molecule has 4 nitrogen and oxygen atoms in total. The maximum Gasteiger partial charge on any atom is 0.237 e. The molecule has 0 saturated carbocycles. The molecule has 112 valence electrons. The number of hydrogen-bond donors (Lipinski definition) is 2. The maximum atomic E-state index is 11.8. The molecule has 0 radical (unpaired) electrons. The van der Waals surface area contributed by atoms with Crippen LogP contribution in [0.2, 0.25) is 0 Å². The molecule has 0 aliphatic rings. The van der Waals surface area contributed by atoms with Crippen LogP contribution in [0.15, 0.2) is 24.3 Å². The molecule has 0 fully saturated rings. The highest BCUT2D eigenvalue weighted by Gasteiger charge is 2.12. The number of rotatable bonds is 7. The topological polar surface area (TPSA) is 50.4 Å². The van der Waals surface area contributed by atoms with Gasteiger partial charge in [-0.05, 0) is 52.3 Å². The van der Waals surface area contributed by atoms with Gasteiger partial charge >= 0.3 is 0 Å². The minimum absolute atomic E-state index is 0.0276. The summed E-state index contributed by atoms with van der Waals surface area (Å²) in [6.07, 6.45) is 0.179. The van der Waals surface area contributed by atoms with Gasteiger partial charge in [0.1, 0.15) is 5.75 Å². The average molecular weight is 278 g/mol. The second-order valence-electron chi connectivity index (χ2n) is 5.58. The van der Waals surface area contributed by atoms with Crippen molar-refractivity contribution in [1.82, 2.24) is 10.6 Å². The van der Waals surface area contributed by atoms with Crippen molar-refractivity contribution in [2.45, 2.75) is 59.4 Å². The molecule has 1 atom stereocenters. The molecule has 1 unspecified atom stereocenters. The average Bonchev–Trinajstić information content (AvgIpc) is 2.36. The Kier molecular flexibility index (Phi) is 6.52. The Morgan fingerprint density at radius 2 is 1.70 bits per heavy atom. The fraction of sp³-hybridized carbons (Fsp3) is 0.562. The van der Waals surface area contributed by atoms with Crippen LogP contribution in [-0.4, -0.2) is 24.1 Å². The molecule has 0 heterocycles. The second-order valence-corrected chi connectivity index (χ2v) is 5.58. The van der Waals surface area contributed by atoms with Gasteiger partial charge in [0.05, 0.1) is 12.1 Å². The molecule has 4 heteroatoms. The summed E-state index contributed by atoms with van der Waals surface area (Å²) in [5, 5.41) is 6.10. The van der Waals surface area contributed by atoms with Crippen LogP contribution in [0, 0.1) is 0 Å². The summed E-state index contributed by atoms with van der Waals surface area (Å²) >= 11 is 0. The highest BCUT2D eigenvalue weighted by Crippen LogP contribution is 2.13. The summed E-state index contributed by atoms with van der Waals surface area (Å²) in [5.74, 6) is 0.897. The number of carbonyl (C=O) groups excluding carboxylic acids is 1. The zero-order valence-electron chi connectivity index (χ0n) is 13.1. The van der Waals surface area contributed by atoms with E-state index in [2.05, 4.69) is 10.6 Å². The quantitative estimate of drug-likeness (QED) is 0.805. The zero-order chi connectivity index (χ0) is 15.1. The van der Waals surface area contributed by atoms with Gasteiger partial charge in [-0.2, -0.15) is 0 Å².